The molecule has 0 heterocycles. The van der Waals surface area contributed by atoms with Gasteiger partial charge in [-0.25, -0.2) is 13.1 Å². The van der Waals surface area contributed by atoms with E-state index in [0.717, 1.165) is 32.1 Å². The Hall–Kier alpha value is -0.370. The van der Waals surface area contributed by atoms with Gasteiger partial charge in [0.15, 0.2) is 0 Å². The molecule has 0 bridgehead atoms. The van der Waals surface area contributed by atoms with Crippen LogP contribution in [0.15, 0.2) is 41.3 Å². The molecule has 0 spiro atoms. The van der Waals surface area contributed by atoms with Crippen LogP contribution in [0.4, 0.5) is 0 Å². The van der Waals surface area contributed by atoms with Gasteiger partial charge in [-0.15, -0.1) is 0 Å². The monoisotopic (exact) mass is 435 g/mol. The van der Waals surface area contributed by atoms with Crippen LogP contribution >= 0.6 is 11.6 Å². The number of carbonyl (C=O) groups excluding carboxylic acids is 1. The SMILES string of the molecule is O=C([O-])CCC/C=C\CC1(CCNS(=O)(=O)c2ccc(Cl)cc2)CCCC1.[Na+]. The number of benzene rings is 1. The Kier molecular flexibility index (Phi) is 11.3. The second kappa shape index (κ2) is 12.4. The number of carboxylic acid groups (broad SMARTS) is 1. The Bertz CT molecular complexity index is 744. The van der Waals surface area contributed by atoms with E-state index in [4.69, 9.17) is 11.6 Å². The summed E-state index contributed by atoms with van der Waals surface area (Å²) in [5.41, 5.74) is 0.132. The third kappa shape index (κ3) is 8.56. The second-order valence-electron chi connectivity index (χ2n) is 7.25. The smallest absolute Gasteiger partial charge is 0.550 e. The summed E-state index contributed by atoms with van der Waals surface area (Å²) in [5, 5.41) is 10.9. The van der Waals surface area contributed by atoms with Crippen molar-refractivity contribution in [3.8, 4) is 0 Å². The standard InChI is InChI=1S/C20H28ClNO4S.Na/c21-17-8-10-18(11-9-17)27(25,26)22-16-15-20(13-5-6-14-20)12-4-2-1-3-7-19(23)24;/h2,4,8-11,22H,1,3,5-7,12-16H2,(H,23,24);/q;+1/p-1/b4-2-;. The zero-order valence-corrected chi connectivity index (χ0v) is 20.0. The molecule has 0 atom stereocenters. The molecule has 28 heavy (non-hydrogen) atoms. The summed E-state index contributed by atoms with van der Waals surface area (Å²) in [4.78, 5) is 10.6. The molecule has 0 radical (unpaired) electrons. The van der Waals surface area contributed by atoms with Gasteiger partial charge >= 0.3 is 29.6 Å². The van der Waals surface area contributed by atoms with Gasteiger partial charge in [-0.3, -0.25) is 0 Å². The normalized spacial score (nSPS) is 16.2. The molecule has 1 aliphatic carbocycles. The molecule has 1 aliphatic rings. The number of allylic oxidation sites excluding steroid dienone is 2. The van der Waals surface area contributed by atoms with Crippen LogP contribution in [0.1, 0.15) is 57.8 Å². The first kappa shape index (κ1) is 25.7. The largest absolute Gasteiger partial charge is 1.00 e. The summed E-state index contributed by atoms with van der Waals surface area (Å²) in [6, 6.07) is 6.15. The van der Waals surface area contributed by atoms with Gasteiger partial charge < -0.3 is 9.90 Å². The van der Waals surface area contributed by atoms with Crippen LogP contribution in [-0.4, -0.2) is 20.9 Å². The van der Waals surface area contributed by atoms with E-state index in [1.165, 1.54) is 25.0 Å². The summed E-state index contributed by atoms with van der Waals surface area (Å²) in [6.45, 7) is 0.406. The Morgan fingerprint density at radius 1 is 1.18 bits per heavy atom. The van der Waals surface area contributed by atoms with Crippen LogP contribution in [0, 0.1) is 5.41 Å². The molecular formula is C20H27ClNNaO4S. The van der Waals surface area contributed by atoms with Crippen molar-refractivity contribution in [2.75, 3.05) is 6.54 Å². The van der Waals surface area contributed by atoms with E-state index in [1.54, 1.807) is 12.1 Å². The maximum Gasteiger partial charge on any atom is 1.00 e. The van der Waals surface area contributed by atoms with Crippen LogP contribution in [0.3, 0.4) is 0 Å². The predicted molar refractivity (Wildman–Crippen MR) is 105 cm³/mol. The number of carbonyl (C=O) groups is 1. The van der Waals surface area contributed by atoms with Gasteiger partial charge in [-0.1, -0.05) is 36.6 Å². The fourth-order valence-electron chi connectivity index (χ4n) is 3.64. The van der Waals surface area contributed by atoms with E-state index < -0.39 is 16.0 Å². The number of aliphatic carboxylic acids is 1. The molecule has 2 rings (SSSR count). The molecule has 150 valence electrons. The van der Waals surface area contributed by atoms with Crippen LogP contribution < -0.4 is 39.4 Å². The molecule has 1 aromatic carbocycles. The summed E-state index contributed by atoms with van der Waals surface area (Å²) in [5.74, 6) is -1.01. The maximum absolute atomic E-state index is 12.4. The van der Waals surface area contributed by atoms with Gasteiger partial charge in [0, 0.05) is 17.5 Å². The third-order valence-corrected chi connectivity index (χ3v) is 6.93. The molecule has 0 aromatic heterocycles. The van der Waals surface area contributed by atoms with Gasteiger partial charge in [0.05, 0.1) is 4.90 Å². The number of nitrogens with one attached hydrogen (secondary N) is 1. The van der Waals surface area contributed by atoms with E-state index in [0.29, 0.717) is 18.0 Å². The molecule has 0 amide bonds. The molecule has 1 aromatic rings. The van der Waals surface area contributed by atoms with Gasteiger partial charge in [-0.2, -0.15) is 0 Å². The van der Waals surface area contributed by atoms with E-state index in [-0.39, 0.29) is 46.3 Å². The van der Waals surface area contributed by atoms with E-state index in [9.17, 15) is 18.3 Å². The predicted octanol–water partition coefficient (Wildman–Crippen LogP) is 0.439. The fourth-order valence-corrected chi connectivity index (χ4v) is 4.80. The van der Waals surface area contributed by atoms with Crippen molar-refractivity contribution >= 4 is 27.6 Å². The molecule has 8 heteroatoms. The van der Waals surface area contributed by atoms with Crippen molar-refractivity contribution in [1.82, 2.24) is 4.72 Å². The van der Waals surface area contributed by atoms with Gasteiger partial charge in [0.25, 0.3) is 0 Å². The van der Waals surface area contributed by atoms with Crippen molar-refractivity contribution < 1.29 is 47.9 Å². The van der Waals surface area contributed by atoms with Crippen LogP contribution in [0.2, 0.25) is 5.02 Å². The molecule has 1 fully saturated rings. The maximum atomic E-state index is 12.4. The Labute approximate surface area is 195 Å². The van der Waals surface area contributed by atoms with Crippen molar-refractivity contribution in [1.29, 1.82) is 0 Å². The van der Waals surface area contributed by atoms with Crippen molar-refractivity contribution in [2.45, 2.75) is 62.7 Å². The number of sulfonamides is 1. The van der Waals surface area contributed by atoms with Crippen molar-refractivity contribution in [2.24, 2.45) is 5.41 Å². The van der Waals surface area contributed by atoms with Gasteiger partial charge in [0.2, 0.25) is 10.0 Å². The molecule has 0 aliphatic heterocycles. The quantitative estimate of drug-likeness (QED) is 0.310. The zero-order valence-electron chi connectivity index (χ0n) is 16.5. The Morgan fingerprint density at radius 3 is 2.43 bits per heavy atom. The minimum absolute atomic E-state index is 0. The zero-order chi connectivity index (χ0) is 19.8. The molecular weight excluding hydrogens is 409 g/mol. The van der Waals surface area contributed by atoms with Crippen molar-refractivity contribution in [3.63, 3.8) is 0 Å². The first-order valence-corrected chi connectivity index (χ1v) is 11.3. The Morgan fingerprint density at radius 2 is 1.82 bits per heavy atom. The van der Waals surface area contributed by atoms with Gasteiger partial charge in [0.1, 0.15) is 0 Å². The Balaban J connectivity index is 0.00000392. The summed E-state index contributed by atoms with van der Waals surface area (Å²) < 4.78 is 27.5. The number of halogens is 1. The average molecular weight is 436 g/mol. The minimum atomic E-state index is -3.52. The molecule has 0 unspecified atom stereocenters. The number of hydrogen-bond acceptors (Lipinski definition) is 4. The minimum Gasteiger partial charge on any atom is -0.550 e. The third-order valence-electron chi connectivity index (χ3n) is 5.20. The van der Waals surface area contributed by atoms with Crippen LogP contribution in [-0.2, 0) is 14.8 Å². The number of rotatable bonds is 11. The van der Waals surface area contributed by atoms with Crippen molar-refractivity contribution in [3.05, 3.63) is 41.4 Å². The summed E-state index contributed by atoms with van der Waals surface area (Å²) in [6.07, 6.45) is 11.8. The van der Waals surface area contributed by atoms with Gasteiger partial charge in [-0.05, 0) is 74.6 Å². The first-order chi connectivity index (χ1) is 12.8. The number of unbranched alkanes of at least 4 members (excludes halogenated alkanes) is 1. The topological polar surface area (TPSA) is 86.3 Å². The average Bonchev–Trinajstić information content (AvgIpc) is 3.07. The number of hydrogen-bond donors (Lipinski definition) is 1. The van der Waals surface area contributed by atoms with E-state index in [1.807, 2.05) is 6.08 Å². The summed E-state index contributed by atoms with van der Waals surface area (Å²) >= 11 is 5.81. The number of carboxylic acids is 1. The summed E-state index contributed by atoms with van der Waals surface area (Å²) in [7, 11) is -3.52. The molecule has 1 saturated carbocycles. The van der Waals surface area contributed by atoms with Crippen LogP contribution in [0.25, 0.3) is 0 Å². The van der Waals surface area contributed by atoms with E-state index in [2.05, 4.69) is 10.8 Å². The second-order valence-corrected chi connectivity index (χ2v) is 9.45. The fraction of sp³-hybridized carbons (Fsp3) is 0.550. The molecule has 1 N–H and O–H groups in total. The van der Waals surface area contributed by atoms with Crippen LogP contribution in [0.5, 0.6) is 0 Å². The first-order valence-electron chi connectivity index (χ1n) is 9.43. The van der Waals surface area contributed by atoms with E-state index >= 15 is 0 Å². The molecule has 0 saturated heterocycles. The molecule has 5 nitrogen and oxygen atoms in total.